The van der Waals surface area contributed by atoms with Gasteiger partial charge in [-0.05, 0) is 44.6 Å². The van der Waals surface area contributed by atoms with Gasteiger partial charge in [0.25, 0.3) is 0 Å². The van der Waals surface area contributed by atoms with Gasteiger partial charge < -0.3 is 10.4 Å². The van der Waals surface area contributed by atoms with Crippen molar-refractivity contribution in [1.29, 1.82) is 0 Å². The van der Waals surface area contributed by atoms with E-state index in [2.05, 4.69) is 24.4 Å². The molecule has 22 heavy (non-hydrogen) atoms. The van der Waals surface area contributed by atoms with Gasteiger partial charge in [0, 0.05) is 17.5 Å². The lowest BCUT2D eigenvalue weighted by Crippen LogP contribution is -2.25. The van der Waals surface area contributed by atoms with E-state index in [0.29, 0.717) is 0 Å². The normalized spacial score (nSPS) is 17.0. The van der Waals surface area contributed by atoms with E-state index < -0.39 is 0 Å². The maximum atomic E-state index is 9.36. The smallest absolute Gasteiger partial charge is 0.110 e. The zero-order valence-corrected chi connectivity index (χ0v) is 13.9. The molecule has 0 aliphatic heterocycles. The largest absolute Gasteiger partial charge is 0.396 e. The number of benzene rings is 1. The number of aryl methyl sites for hydroxylation is 2. The summed E-state index contributed by atoms with van der Waals surface area (Å²) in [6.07, 6.45) is 5.62. The minimum Gasteiger partial charge on any atom is -0.396 e. The third-order valence-corrected chi connectivity index (χ3v) is 5.64. The van der Waals surface area contributed by atoms with Gasteiger partial charge in [-0.15, -0.1) is 11.3 Å². The first-order valence-corrected chi connectivity index (χ1v) is 9.00. The van der Waals surface area contributed by atoms with Crippen molar-refractivity contribution in [2.45, 2.75) is 51.1 Å². The van der Waals surface area contributed by atoms with E-state index in [1.54, 1.807) is 0 Å². The molecule has 0 saturated carbocycles. The number of aromatic nitrogens is 1. The number of hydrogen-bond acceptors (Lipinski definition) is 4. The molecule has 0 fully saturated rings. The van der Waals surface area contributed by atoms with Crippen LogP contribution in [0.15, 0.2) is 30.3 Å². The number of fused-ring (bicyclic) bond motifs is 1. The summed E-state index contributed by atoms with van der Waals surface area (Å²) in [6.45, 7) is 2.37. The second-order valence-corrected chi connectivity index (χ2v) is 7.11. The Balaban J connectivity index is 1.73. The number of hydrogen-bond donors (Lipinski definition) is 2. The Kier molecular flexibility index (Phi) is 5.24. The van der Waals surface area contributed by atoms with Crippen LogP contribution in [0.4, 0.5) is 0 Å². The van der Waals surface area contributed by atoms with Gasteiger partial charge in [0.1, 0.15) is 5.01 Å². The maximum absolute atomic E-state index is 9.36. The first kappa shape index (κ1) is 15.7. The predicted molar refractivity (Wildman–Crippen MR) is 91.2 cm³/mol. The monoisotopic (exact) mass is 316 g/mol. The van der Waals surface area contributed by atoms with Crippen molar-refractivity contribution < 1.29 is 5.11 Å². The molecule has 1 heterocycles. The highest BCUT2D eigenvalue weighted by atomic mass is 32.1. The second kappa shape index (κ2) is 7.36. The van der Waals surface area contributed by atoms with Crippen molar-refractivity contribution in [1.82, 2.24) is 10.3 Å². The maximum Gasteiger partial charge on any atom is 0.110 e. The Morgan fingerprint density at radius 3 is 2.73 bits per heavy atom. The highest BCUT2D eigenvalue weighted by Crippen LogP contribution is 2.31. The Morgan fingerprint density at radius 2 is 2.00 bits per heavy atom. The van der Waals surface area contributed by atoms with Gasteiger partial charge in [0.05, 0.1) is 11.7 Å². The zero-order chi connectivity index (χ0) is 15.4. The molecule has 4 heteroatoms. The molecule has 0 saturated heterocycles. The highest BCUT2D eigenvalue weighted by molar-refractivity contribution is 7.11. The van der Waals surface area contributed by atoms with Gasteiger partial charge in [-0.2, -0.15) is 0 Å². The first-order valence-electron chi connectivity index (χ1n) is 8.18. The van der Waals surface area contributed by atoms with E-state index in [1.165, 1.54) is 40.4 Å². The minimum absolute atomic E-state index is 0.169. The third-order valence-electron chi connectivity index (χ3n) is 4.30. The fourth-order valence-electron chi connectivity index (χ4n) is 3.09. The van der Waals surface area contributed by atoms with Crippen molar-refractivity contribution in [2.24, 2.45) is 0 Å². The summed E-state index contributed by atoms with van der Waals surface area (Å²) in [5.41, 5.74) is 2.54. The molecule has 1 unspecified atom stereocenters. The SMILES string of the molecule is CC(N[C@H](CCO)c1ccccc1)c1nc2c(s1)CCCC2. The quantitative estimate of drug-likeness (QED) is 0.852. The number of nitrogens with one attached hydrogen (secondary N) is 1. The molecule has 1 aliphatic carbocycles. The van der Waals surface area contributed by atoms with Gasteiger partial charge in [-0.25, -0.2) is 4.98 Å². The summed E-state index contributed by atoms with van der Waals surface area (Å²) in [5, 5.41) is 14.2. The second-order valence-electron chi connectivity index (χ2n) is 5.99. The summed E-state index contributed by atoms with van der Waals surface area (Å²) >= 11 is 1.86. The lowest BCUT2D eigenvalue weighted by Gasteiger charge is -2.22. The molecule has 0 radical (unpaired) electrons. The molecular weight excluding hydrogens is 292 g/mol. The minimum atomic E-state index is 0.169. The van der Waals surface area contributed by atoms with Crippen LogP contribution < -0.4 is 5.32 Å². The molecule has 1 aromatic carbocycles. The van der Waals surface area contributed by atoms with Gasteiger partial charge >= 0.3 is 0 Å². The van der Waals surface area contributed by atoms with E-state index in [0.717, 1.165) is 12.8 Å². The lowest BCUT2D eigenvalue weighted by atomic mass is 10.0. The average molecular weight is 316 g/mol. The van der Waals surface area contributed by atoms with E-state index in [9.17, 15) is 5.11 Å². The van der Waals surface area contributed by atoms with E-state index in [4.69, 9.17) is 4.98 Å². The summed E-state index contributed by atoms with van der Waals surface area (Å²) in [7, 11) is 0. The fraction of sp³-hybridized carbons (Fsp3) is 0.500. The van der Waals surface area contributed by atoms with Crippen molar-refractivity contribution in [3.05, 3.63) is 51.5 Å². The molecule has 0 amide bonds. The zero-order valence-electron chi connectivity index (χ0n) is 13.1. The van der Waals surface area contributed by atoms with Crippen LogP contribution in [0.25, 0.3) is 0 Å². The molecule has 2 atom stereocenters. The predicted octanol–water partition coefficient (Wildman–Crippen LogP) is 3.80. The van der Waals surface area contributed by atoms with Gasteiger partial charge in [-0.1, -0.05) is 30.3 Å². The summed E-state index contributed by atoms with van der Waals surface area (Å²) < 4.78 is 0. The number of rotatable bonds is 6. The summed E-state index contributed by atoms with van der Waals surface area (Å²) in [5.74, 6) is 0. The fourth-order valence-corrected chi connectivity index (χ4v) is 4.26. The molecular formula is C18H24N2OS. The number of nitrogens with zero attached hydrogens (tertiary/aromatic N) is 1. The number of aliphatic hydroxyl groups excluding tert-OH is 1. The Hall–Kier alpha value is -1.23. The third kappa shape index (κ3) is 3.57. The van der Waals surface area contributed by atoms with Crippen LogP contribution in [0.5, 0.6) is 0 Å². The molecule has 118 valence electrons. The topological polar surface area (TPSA) is 45.1 Å². The number of thiazole rings is 1. The van der Waals surface area contributed by atoms with Crippen molar-refractivity contribution >= 4 is 11.3 Å². The molecule has 1 aliphatic rings. The van der Waals surface area contributed by atoms with Gasteiger partial charge in [-0.3, -0.25) is 0 Å². The first-order chi connectivity index (χ1) is 10.8. The molecule has 2 aromatic rings. The van der Waals surface area contributed by atoms with Crippen molar-refractivity contribution in [3.8, 4) is 0 Å². The van der Waals surface area contributed by atoms with Crippen molar-refractivity contribution in [3.63, 3.8) is 0 Å². The van der Waals surface area contributed by atoms with Crippen LogP contribution in [0.3, 0.4) is 0 Å². The average Bonchev–Trinajstić information content (AvgIpc) is 2.99. The van der Waals surface area contributed by atoms with Crippen LogP contribution >= 0.6 is 11.3 Å². The van der Waals surface area contributed by atoms with Crippen LogP contribution in [-0.4, -0.2) is 16.7 Å². The standard InChI is InChI=1S/C18H24N2OS/c1-13(18-20-16-9-5-6-10-17(16)22-18)19-15(11-12-21)14-7-3-2-4-8-14/h2-4,7-8,13,15,19,21H,5-6,9-12H2,1H3/t13?,15-/m1/s1. The number of aliphatic hydroxyl groups is 1. The summed E-state index contributed by atoms with van der Waals surface area (Å²) in [6, 6.07) is 10.7. The highest BCUT2D eigenvalue weighted by Gasteiger charge is 2.21. The Morgan fingerprint density at radius 1 is 1.23 bits per heavy atom. The van der Waals surface area contributed by atoms with Crippen LogP contribution in [0.2, 0.25) is 0 Å². The Bertz CT molecular complexity index is 573. The van der Waals surface area contributed by atoms with E-state index in [1.807, 2.05) is 29.5 Å². The Labute approximate surface area is 136 Å². The molecule has 0 bridgehead atoms. The molecule has 1 aromatic heterocycles. The van der Waals surface area contributed by atoms with Crippen molar-refractivity contribution in [2.75, 3.05) is 6.61 Å². The van der Waals surface area contributed by atoms with Crippen LogP contribution in [-0.2, 0) is 12.8 Å². The molecule has 0 spiro atoms. The lowest BCUT2D eigenvalue weighted by molar-refractivity contribution is 0.260. The van der Waals surface area contributed by atoms with E-state index in [-0.39, 0.29) is 18.7 Å². The van der Waals surface area contributed by atoms with Crippen LogP contribution in [0, 0.1) is 0 Å². The van der Waals surface area contributed by atoms with Gasteiger partial charge in [0.2, 0.25) is 0 Å². The molecule has 3 rings (SSSR count). The molecule has 2 N–H and O–H groups in total. The molecule has 3 nitrogen and oxygen atoms in total. The van der Waals surface area contributed by atoms with Crippen LogP contribution in [0.1, 0.15) is 59.4 Å². The summed E-state index contributed by atoms with van der Waals surface area (Å²) in [4.78, 5) is 6.33. The van der Waals surface area contributed by atoms with E-state index >= 15 is 0 Å². The van der Waals surface area contributed by atoms with Gasteiger partial charge in [0.15, 0.2) is 0 Å².